The van der Waals surface area contributed by atoms with Gasteiger partial charge in [-0.05, 0) is 98.2 Å². The zero-order valence-electron chi connectivity index (χ0n) is 24.3. The number of allylic oxidation sites excluding steroid dienone is 1. The molecule has 1 spiro atoms. The zero-order valence-corrected chi connectivity index (χ0v) is 24.3. The van der Waals surface area contributed by atoms with E-state index in [0.29, 0.717) is 35.3 Å². The van der Waals surface area contributed by atoms with E-state index in [4.69, 9.17) is 14.2 Å². The Hall–Kier alpha value is -1.07. The molecule has 7 rings (SSSR count). The van der Waals surface area contributed by atoms with E-state index < -0.39 is 0 Å². The molecule has 0 unspecified atom stereocenters. The van der Waals surface area contributed by atoms with Crippen molar-refractivity contribution in [2.75, 3.05) is 6.61 Å². The van der Waals surface area contributed by atoms with Crippen LogP contribution in [-0.4, -0.2) is 36.7 Å². The first-order chi connectivity index (χ1) is 18.2. The summed E-state index contributed by atoms with van der Waals surface area (Å²) >= 11 is 0. The van der Waals surface area contributed by atoms with E-state index in [2.05, 4.69) is 39.1 Å². The molecule has 2 aliphatic heterocycles. The van der Waals surface area contributed by atoms with Crippen molar-refractivity contribution in [3.63, 3.8) is 0 Å². The Balaban J connectivity index is 1.04. The third-order valence-electron chi connectivity index (χ3n) is 13.3. The molecule has 2 saturated heterocycles. The summed E-state index contributed by atoms with van der Waals surface area (Å²) in [5.41, 5.74) is 2.21. The first-order valence-electron chi connectivity index (χ1n) is 16.2. The van der Waals surface area contributed by atoms with Crippen LogP contribution in [0.4, 0.5) is 4.79 Å². The van der Waals surface area contributed by atoms with Crippen LogP contribution < -0.4 is 5.32 Å². The molecule has 7 aliphatic rings. The van der Waals surface area contributed by atoms with Crippen LogP contribution in [0.5, 0.6) is 0 Å². The van der Waals surface area contributed by atoms with Gasteiger partial charge in [0.1, 0.15) is 6.10 Å². The third kappa shape index (κ3) is 3.87. The largest absolute Gasteiger partial charge is 0.446 e. The van der Waals surface area contributed by atoms with Crippen LogP contribution in [0, 0.1) is 46.3 Å². The fraction of sp³-hybridized carbons (Fsp3) is 0.909. The maximum Gasteiger partial charge on any atom is 0.407 e. The van der Waals surface area contributed by atoms with Crippen LogP contribution in [0.25, 0.3) is 0 Å². The monoisotopic (exact) mass is 525 g/mol. The minimum absolute atomic E-state index is 0.0376. The first-order valence-corrected chi connectivity index (χ1v) is 16.2. The van der Waals surface area contributed by atoms with Crippen molar-refractivity contribution in [1.29, 1.82) is 0 Å². The lowest BCUT2D eigenvalue weighted by atomic mass is 9.47. The Kier molecular flexibility index (Phi) is 6.28. The Morgan fingerprint density at radius 2 is 1.84 bits per heavy atom. The minimum Gasteiger partial charge on any atom is -0.446 e. The van der Waals surface area contributed by atoms with Gasteiger partial charge in [-0.25, -0.2) is 4.79 Å². The van der Waals surface area contributed by atoms with Gasteiger partial charge >= 0.3 is 6.09 Å². The summed E-state index contributed by atoms with van der Waals surface area (Å²) in [6.45, 7) is 10.8. The standard InChI is InChI=1S/C33H51NO4/c1-20-11-16-33(36-19-20)21(2)29-28(38-33)18-27-25-10-9-22-17-24(37-30(35)34-23-7-5-6-8-23)12-14-31(22,3)26(25)13-15-32(27,29)4/h9,20-21,23-29H,5-8,10-19H2,1-4H3,(H,34,35)/t20-,21+,24+,25-,26+,27+,28+,29+,31+,32+,33-/m1/s1. The van der Waals surface area contributed by atoms with Crippen LogP contribution >= 0.6 is 0 Å². The zero-order chi connectivity index (χ0) is 26.3. The number of nitrogens with one attached hydrogen (secondary N) is 1. The Labute approximate surface area is 230 Å². The predicted molar refractivity (Wildman–Crippen MR) is 147 cm³/mol. The summed E-state index contributed by atoms with van der Waals surface area (Å²) in [5, 5.41) is 3.13. The van der Waals surface area contributed by atoms with Crippen molar-refractivity contribution in [2.24, 2.45) is 46.3 Å². The number of amides is 1. The maximum atomic E-state index is 12.6. The molecule has 5 heteroatoms. The van der Waals surface area contributed by atoms with E-state index in [1.807, 2.05) is 0 Å². The molecule has 0 bridgehead atoms. The number of fused-ring (bicyclic) bond motifs is 7. The van der Waals surface area contributed by atoms with Crippen LogP contribution in [-0.2, 0) is 14.2 Å². The molecule has 0 aromatic heterocycles. The lowest BCUT2D eigenvalue weighted by Crippen LogP contribution is -2.52. The number of ether oxygens (including phenoxy) is 3. The van der Waals surface area contributed by atoms with E-state index in [0.717, 1.165) is 62.9 Å². The van der Waals surface area contributed by atoms with Crippen molar-refractivity contribution < 1.29 is 19.0 Å². The summed E-state index contributed by atoms with van der Waals surface area (Å²) in [6, 6.07) is 0.322. The van der Waals surface area contributed by atoms with E-state index >= 15 is 0 Å². The van der Waals surface area contributed by atoms with Crippen molar-refractivity contribution in [3.8, 4) is 0 Å². The van der Waals surface area contributed by atoms with Crippen LogP contribution in [0.3, 0.4) is 0 Å². The molecular formula is C33H51NO4. The second kappa shape index (κ2) is 9.23. The van der Waals surface area contributed by atoms with Gasteiger partial charge in [0.05, 0.1) is 12.7 Å². The lowest BCUT2D eigenvalue weighted by Gasteiger charge is -2.58. The topological polar surface area (TPSA) is 56.8 Å². The minimum atomic E-state index is -0.319. The number of rotatable bonds is 2. The van der Waals surface area contributed by atoms with Gasteiger partial charge in [0, 0.05) is 24.8 Å². The van der Waals surface area contributed by atoms with E-state index in [1.165, 1.54) is 44.9 Å². The van der Waals surface area contributed by atoms with Crippen molar-refractivity contribution in [3.05, 3.63) is 11.6 Å². The summed E-state index contributed by atoms with van der Waals surface area (Å²) in [7, 11) is 0. The number of alkyl carbamates (subject to hydrolysis) is 1. The molecule has 1 N–H and O–H groups in total. The quantitative estimate of drug-likeness (QED) is 0.382. The summed E-state index contributed by atoms with van der Waals surface area (Å²) in [6.07, 6.45) is 17.9. The fourth-order valence-electron chi connectivity index (χ4n) is 11.2. The van der Waals surface area contributed by atoms with Gasteiger partial charge in [-0.2, -0.15) is 0 Å². The smallest absolute Gasteiger partial charge is 0.407 e. The van der Waals surface area contributed by atoms with Crippen molar-refractivity contribution in [1.82, 2.24) is 5.32 Å². The van der Waals surface area contributed by atoms with Gasteiger partial charge in [-0.3, -0.25) is 0 Å². The average Bonchev–Trinajstić information content (AvgIpc) is 3.57. The van der Waals surface area contributed by atoms with E-state index in [9.17, 15) is 4.79 Å². The SMILES string of the molecule is C[C@@H]1CC[C@@]2(OC1)O[C@H]1C[C@H]3[C@@H]4CC=C5C[C@@H](OC(=O)NC6CCCC6)CC[C@]5(C)[C@H]4CC[C@]3(C)[C@H]1[C@@H]2C. The molecule has 2 heterocycles. The van der Waals surface area contributed by atoms with Crippen LogP contribution in [0.1, 0.15) is 111 Å². The van der Waals surface area contributed by atoms with Gasteiger partial charge in [-0.1, -0.05) is 52.2 Å². The van der Waals surface area contributed by atoms with Crippen molar-refractivity contribution >= 4 is 6.09 Å². The number of carbonyl (C=O) groups excluding carboxylic acids is 1. The summed E-state index contributed by atoms with van der Waals surface area (Å²) in [4.78, 5) is 12.6. The molecule has 212 valence electrons. The molecule has 0 aromatic carbocycles. The molecule has 5 nitrogen and oxygen atoms in total. The van der Waals surface area contributed by atoms with Gasteiger partial charge in [0.25, 0.3) is 0 Å². The van der Waals surface area contributed by atoms with Crippen molar-refractivity contribution in [2.45, 2.75) is 135 Å². The predicted octanol–water partition coefficient (Wildman–Crippen LogP) is 7.39. The average molecular weight is 526 g/mol. The van der Waals surface area contributed by atoms with Gasteiger partial charge < -0.3 is 19.5 Å². The molecule has 0 radical (unpaired) electrons. The highest BCUT2D eigenvalue weighted by atomic mass is 16.7. The molecule has 4 saturated carbocycles. The Bertz CT molecular complexity index is 964. The number of hydrogen-bond acceptors (Lipinski definition) is 4. The summed E-state index contributed by atoms with van der Waals surface area (Å²) in [5.74, 6) is 3.71. The van der Waals surface area contributed by atoms with Gasteiger partial charge in [-0.15, -0.1) is 0 Å². The highest BCUT2D eigenvalue weighted by Gasteiger charge is 2.68. The number of hydrogen-bond donors (Lipinski definition) is 1. The second-order valence-electron chi connectivity index (χ2n) is 15.2. The molecule has 1 amide bonds. The number of carbonyl (C=O) groups is 1. The van der Waals surface area contributed by atoms with Gasteiger partial charge in [0.15, 0.2) is 5.79 Å². The molecule has 6 fully saturated rings. The van der Waals surface area contributed by atoms with Gasteiger partial charge in [0.2, 0.25) is 0 Å². The van der Waals surface area contributed by atoms with Crippen LogP contribution in [0.2, 0.25) is 0 Å². The Morgan fingerprint density at radius 1 is 1.03 bits per heavy atom. The van der Waals surface area contributed by atoms with Crippen LogP contribution in [0.15, 0.2) is 11.6 Å². The molecule has 5 aliphatic carbocycles. The first kappa shape index (κ1) is 25.9. The molecule has 38 heavy (non-hydrogen) atoms. The van der Waals surface area contributed by atoms with E-state index in [-0.39, 0.29) is 23.4 Å². The van der Waals surface area contributed by atoms with E-state index in [1.54, 1.807) is 5.57 Å². The normalized spacial score (nSPS) is 52.1. The molecule has 11 atom stereocenters. The molecular weight excluding hydrogens is 474 g/mol. The fourth-order valence-corrected chi connectivity index (χ4v) is 11.2. The lowest BCUT2D eigenvalue weighted by molar-refractivity contribution is -0.272. The summed E-state index contributed by atoms with van der Waals surface area (Å²) < 4.78 is 19.4. The second-order valence-corrected chi connectivity index (χ2v) is 15.2. The highest BCUT2D eigenvalue weighted by molar-refractivity contribution is 5.68. The highest BCUT2D eigenvalue weighted by Crippen LogP contribution is 2.70. The third-order valence-corrected chi connectivity index (χ3v) is 13.3. The maximum absolute atomic E-state index is 12.6. The molecule has 0 aromatic rings. The Morgan fingerprint density at radius 3 is 2.61 bits per heavy atom.